The maximum Gasteiger partial charge on any atom is 0.280 e. The first-order valence-electron chi connectivity index (χ1n) is 15.2. The normalized spacial score (nSPS) is 25.8. The minimum absolute atomic E-state index is 0.0411. The first kappa shape index (κ1) is 28.5. The first-order valence-corrected chi connectivity index (χ1v) is 15.2. The molecule has 3 aliphatic rings. The van der Waals surface area contributed by atoms with Gasteiger partial charge in [-0.05, 0) is 68.6 Å². The molecule has 2 aliphatic carbocycles. The predicted octanol–water partition coefficient (Wildman–Crippen LogP) is 3.22. The van der Waals surface area contributed by atoms with Crippen molar-refractivity contribution in [1.29, 1.82) is 0 Å². The Kier molecular flexibility index (Phi) is 8.09. The lowest BCUT2D eigenvalue weighted by Crippen LogP contribution is -2.51. The van der Waals surface area contributed by atoms with Gasteiger partial charge >= 0.3 is 0 Å². The predicted molar refractivity (Wildman–Crippen MR) is 158 cm³/mol. The molecule has 10 heteroatoms. The van der Waals surface area contributed by atoms with Gasteiger partial charge in [0.05, 0.1) is 36.0 Å². The number of nitrogens with zero attached hydrogens (tertiary/aromatic N) is 4. The number of fused-ring (bicyclic) bond motifs is 1. The van der Waals surface area contributed by atoms with E-state index in [0.717, 1.165) is 32.1 Å². The number of anilines is 1. The first-order chi connectivity index (χ1) is 20.3. The molecule has 2 amide bonds. The fraction of sp³-hybridized carbons (Fsp3) is 0.531. The molecule has 2 aromatic heterocycles. The van der Waals surface area contributed by atoms with Crippen LogP contribution in [-0.2, 0) is 16.1 Å². The van der Waals surface area contributed by atoms with Crippen molar-refractivity contribution in [3.05, 3.63) is 64.7 Å². The Morgan fingerprint density at radius 3 is 2.43 bits per heavy atom. The van der Waals surface area contributed by atoms with Gasteiger partial charge in [-0.15, -0.1) is 0 Å². The zero-order valence-electron chi connectivity index (χ0n) is 23.8. The minimum atomic E-state index is -1.16. The van der Waals surface area contributed by atoms with Gasteiger partial charge in [0.2, 0.25) is 11.8 Å². The lowest BCUT2D eigenvalue weighted by Gasteiger charge is -2.41. The van der Waals surface area contributed by atoms with Crippen LogP contribution in [0.5, 0.6) is 0 Å². The second-order valence-electron chi connectivity index (χ2n) is 12.3. The summed E-state index contributed by atoms with van der Waals surface area (Å²) in [5.41, 5.74) is 0.147. The molecule has 3 aromatic rings. The summed E-state index contributed by atoms with van der Waals surface area (Å²) >= 11 is 0. The number of likely N-dealkylation sites (tertiary alicyclic amines) is 1. The van der Waals surface area contributed by atoms with Gasteiger partial charge in [-0.3, -0.25) is 19.0 Å². The smallest absolute Gasteiger partial charge is 0.280 e. The van der Waals surface area contributed by atoms with Gasteiger partial charge in [0.15, 0.2) is 5.52 Å². The number of aliphatic hydroxyl groups is 2. The van der Waals surface area contributed by atoms with E-state index in [0.29, 0.717) is 44.3 Å². The number of piperidine rings is 1. The highest BCUT2D eigenvalue weighted by molar-refractivity contribution is 5.93. The van der Waals surface area contributed by atoms with Gasteiger partial charge in [0.25, 0.3) is 5.56 Å². The van der Waals surface area contributed by atoms with Crippen molar-refractivity contribution in [2.45, 2.75) is 82.0 Å². The van der Waals surface area contributed by atoms with Crippen molar-refractivity contribution in [1.82, 2.24) is 19.4 Å². The number of pyridine rings is 1. The third kappa shape index (κ3) is 5.83. The maximum atomic E-state index is 13.6. The molecule has 2 saturated carbocycles. The van der Waals surface area contributed by atoms with Crippen LogP contribution in [0.4, 0.5) is 5.82 Å². The summed E-state index contributed by atoms with van der Waals surface area (Å²) < 4.78 is 1.37. The SMILES string of the molecule is O=C(Nc1ccc2ncn(CC3(O)CCN(C(=O)[C@H]4CCCC[C@@H]4c4ccccc4)CC3)c(=O)c2n1)C1CCCC1O. The van der Waals surface area contributed by atoms with Crippen LogP contribution in [0.2, 0.25) is 0 Å². The van der Waals surface area contributed by atoms with E-state index in [1.807, 2.05) is 23.1 Å². The number of rotatable bonds is 6. The van der Waals surface area contributed by atoms with E-state index in [2.05, 4.69) is 27.4 Å². The number of hydrogen-bond donors (Lipinski definition) is 3. The molecule has 1 aliphatic heterocycles. The quantitative estimate of drug-likeness (QED) is 0.412. The summed E-state index contributed by atoms with van der Waals surface area (Å²) in [4.78, 5) is 50.2. The largest absolute Gasteiger partial charge is 0.392 e. The molecule has 1 saturated heterocycles. The van der Waals surface area contributed by atoms with E-state index in [1.54, 1.807) is 12.1 Å². The zero-order valence-corrected chi connectivity index (χ0v) is 23.8. The third-order valence-electron chi connectivity index (χ3n) is 9.52. The molecule has 222 valence electrons. The standard InChI is InChI=1S/C32H39N5O5/c38-26-12-6-11-24(26)29(39)35-27-14-13-25-28(34-27)31(41)37(20-33-25)19-32(42)15-17-36(18-16-32)30(40)23-10-5-4-9-22(23)21-7-2-1-3-8-21/h1-3,7-8,13-14,20,22-24,26,38,42H,4-6,9-12,15-19H2,(H,34,35,39)/t22-,23+,24?,26?/m1/s1. The number of hydrogen-bond acceptors (Lipinski definition) is 7. The zero-order chi connectivity index (χ0) is 29.3. The second-order valence-corrected chi connectivity index (χ2v) is 12.3. The molecule has 3 heterocycles. The van der Waals surface area contributed by atoms with Crippen LogP contribution < -0.4 is 10.9 Å². The van der Waals surface area contributed by atoms with Gasteiger partial charge < -0.3 is 20.4 Å². The van der Waals surface area contributed by atoms with Gasteiger partial charge in [-0.2, -0.15) is 0 Å². The number of carbonyl (C=O) groups excluding carboxylic acids is 2. The van der Waals surface area contributed by atoms with Crippen molar-refractivity contribution in [3.8, 4) is 0 Å². The van der Waals surface area contributed by atoms with Crippen LogP contribution in [0.15, 0.2) is 53.6 Å². The summed E-state index contributed by atoms with van der Waals surface area (Å²) in [7, 11) is 0. The summed E-state index contributed by atoms with van der Waals surface area (Å²) in [6.45, 7) is 0.911. The van der Waals surface area contributed by atoms with Crippen molar-refractivity contribution in [2.75, 3.05) is 18.4 Å². The van der Waals surface area contributed by atoms with E-state index in [9.17, 15) is 24.6 Å². The maximum absolute atomic E-state index is 13.6. The molecule has 0 spiro atoms. The molecule has 10 nitrogen and oxygen atoms in total. The Balaban J connectivity index is 1.12. The Morgan fingerprint density at radius 1 is 0.952 bits per heavy atom. The molecule has 3 N–H and O–H groups in total. The second kappa shape index (κ2) is 11.9. The molecular weight excluding hydrogens is 534 g/mol. The molecule has 3 fully saturated rings. The summed E-state index contributed by atoms with van der Waals surface area (Å²) in [6.07, 6.45) is 7.56. The highest BCUT2D eigenvalue weighted by Gasteiger charge is 2.39. The fourth-order valence-electron chi connectivity index (χ4n) is 7.06. The molecule has 1 aromatic carbocycles. The van der Waals surface area contributed by atoms with Gasteiger partial charge in [0, 0.05) is 19.0 Å². The number of benzene rings is 1. The van der Waals surface area contributed by atoms with E-state index in [4.69, 9.17) is 0 Å². The van der Waals surface area contributed by atoms with Crippen LogP contribution in [0.3, 0.4) is 0 Å². The number of carbonyl (C=O) groups is 2. The molecule has 0 radical (unpaired) electrons. The number of amides is 2. The molecule has 2 unspecified atom stereocenters. The Labute approximate surface area is 244 Å². The lowest BCUT2D eigenvalue weighted by atomic mass is 9.74. The number of nitrogens with one attached hydrogen (secondary N) is 1. The van der Waals surface area contributed by atoms with E-state index in [-0.39, 0.29) is 41.5 Å². The van der Waals surface area contributed by atoms with Gasteiger partial charge in [0.1, 0.15) is 5.82 Å². The summed E-state index contributed by atoms with van der Waals surface area (Å²) in [6, 6.07) is 13.5. The topological polar surface area (TPSA) is 138 Å². The molecule has 6 rings (SSSR count). The highest BCUT2D eigenvalue weighted by atomic mass is 16.3. The minimum Gasteiger partial charge on any atom is -0.392 e. The summed E-state index contributed by atoms with van der Waals surface area (Å²) in [5.74, 6) is -0.222. The Morgan fingerprint density at radius 2 is 1.69 bits per heavy atom. The van der Waals surface area contributed by atoms with Crippen molar-refractivity contribution >= 4 is 28.7 Å². The van der Waals surface area contributed by atoms with E-state index >= 15 is 0 Å². The van der Waals surface area contributed by atoms with Crippen molar-refractivity contribution in [2.24, 2.45) is 11.8 Å². The highest BCUT2D eigenvalue weighted by Crippen LogP contribution is 2.39. The summed E-state index contributed by atoms with van der Waals surface area (Å²) in [5, 5.41) is 24.2. The Hall–Kier alpha value is -3.63. The van der Waals surface area contributed by atoms with Crippen LogP contribution >= 0.6 is 0 Å². The average molecular weight is 574 g/mol. The fourth-order valence-corrected chi connectivity index (χ4v) is 7.06. The van der Waals surface area contributed by atoms with Crippen LogP contribution in [0.25, 0.3) is 11.0 Å². The third-order valence-corrected chi connectivity index (χ3v) is 9.52. The van der Waals surface area contributed by atoms with Crippen LogP contribution in [-0.4, -0.2) is 66.3 Å². The van der Waals surface area contributed by atoms with Crippen LogP contribution in [0, 0.1) is 11.8 Å². The molecule has 4 atom stereocenters. The van der Waals surface area contributed by atoms with Crippen LogP contribution in [0.1, 0.15) is 69.3 Å². The Bertz CT molecular complexity index is 1500. The van der Waals surface area contributed by atoms with E-state index in [1.165, 1.54) is 16.5 Å². The van der Waals surface area contributed by atoms with Crippen molar-refractivity contribution in [3.63, 3.8) is 0 Å². The van der Waals surface area contributed by atoms with Crippen molar-refractivity contribution < 1.29 is 19.8 Å². The molecule has 42 heavy (non-hydrogen) atoms. The average Bonchev–Trinajstić information content (AvgIpc) is 3.45. The number of aliphatic hydroxyl groups excluding tert-OH is 1. The van der Waals surface area contributed by atoms with Gasteiger partial charge in [-0.25, -0.2) is 9.97 Å². The van der Waals surface area contributed by atoms with E-state index < -0.39 is 23.2 Å². The monoisotopic (exact) mass is 573 g/mol. The molecular formula is C32H39N5O5. The molecule has 0 bridgehead atoms. The lowest BCUT2D eigenvalue weighted by molar-refractivity contribution is -0.142. The number of aromatic nitrogens is 3. The van der Waals surface area contributed by atoms with Gasteiger partial charge in [-0.1, -0.05) is 43.2 Å².